The van der Waals surface area contributed by atoms with Gasteiger partial charge in [-0.1, -0.05) is 12.1 Å². The van der Waals surface area contributed by atoms with Gasteiger partial charge in [0.05, 0.1) is 0 Å². The van der Waals surface area contributed by atoms with Crippen LogP contribution in [0.2, 0.25) is 0 Å². The third kappa shape index (κ3) is 2.29. The number of carbonyl (C=O) groups is 2. The second kappa shape index (κ2) is 4.58. The van der Waals surface area contributed by atoms with Gasteiger partial charge in [-0.2, -0.15) is 5.10 Å². The summed E-state index contributed by atoms with van der Waals surface area (Å²) in [5, 5.41) is 23.7. The highest BCUT2D eigenvalue weighted by Crippen LogP contribution is 2.25. The summed E-state index contributed by atoms with van der Waals surface area (Å²) in [6, 6.07) is 6.97. The molecule has 0 radical (unpaired) electrons. The number of hydrogen-bond acceptors (Lipinski definition) is 5. The van der Waals surface area contributed by atoms with Crippen molar-refractivity contribution in [3.63, 3.8) is 0 Å². The Hall–Kier alpha value is -2.83. The highest BCUT2D eigenvalue weighted by atomic mass is 16.5. The minimum Gasteiger partial charge on any atom is -0.504 e. The van der Waals surface area contributed by atoms with E-state index >= 15 is 0 Å². The molecule has 2 rings (SSSR count). The lowest BCUT2D eigenvalue weighted by atomic mass is 10.3. The molecule has 1 aromatic carbocycles. The van der Waals surface area contributed by atoms with Crippen molar-refractivity contribution < 1.29 is 24.5 Å². The van der Waals surface area contributed by atoms with Crippen molar-refractivity contribution in [3.8, 4) is 11.5 Å². The summed E-state index contributed by atoms with van der Waals surface area (Å²) in [7, 11) is 0. The Balaban J connectivity index is 2.17. The maximum Gasteiger partial charge on any atom is 0.361 e. The number of para-hydroxylation sites is 2. The number of aromatic carboxylic acids is 1. The first-order chi connectivity index (χ1) is 8.58. The molecule has 0 aliphatic heterocycles. The van der Waals surface area contributed by atoms with Crippen molar-refractivity contribution in [3.05, 3.63) is 41.7 Å². The van der Waals surface area contributed by atoms with E-state index in [1.54, 1.807) is 12.1 Å². The summed E-state index contributed by atoms with van der Waals surface area (Å²) >= 11 is 0. The molecule has 18 heavy (non-hydrogen) atoms. The van der Waals surface area contributed by atoms with E-state index in [-0.39, 0.29) is 22.9 Å². The topological polar surface area (TPSA) is 113 Å². The number of nitrogens with one attached hydrogen (secondary N) is 1. The van der Waals surface area contributed by atoms with E-state index in [9.17, 15) is 14.7 Å². The molecule has 1 heterocycles. The third-order valence-electron chi connectivity index (χ3n) is 2.08. The highest BCUT2D eigenvalue weighted by molar-refractivity contribution is 5.93. The summed E-state index contributed by atoms with van der Waals surface area (Å²) in [6.07, 6.45) is 0. The van der Waals surface area contributed by atoms with Gasteiger partial charge >= 0.3 is 11.9 Å². The van der Waals surface area contributed by atoms with Crippen molar-refractivity contribution in [1.82, 2.24) is 10.2 Å². The summed E-state index contributed by atoms with van der Waals surface area (Å²) in [5.41, 5.74) is -0.408. The zero-order chi connectivity index (χ0) is 13.1. The average molecular weight is 248 g/mol. The molecule has 0 aliphatic rings. The SMILES string of the molecule is O=C(O)c1cc(C(=O)Oc2ccccc2O)[nH]n1. The molecule has 7 nitrogen and oxygen atoms in total. The number of benzene rings is 1. The Bertz CT molecular complexity index is 605. The van der Waals surface area contributed by atoms with E-state index in [4.69, 9.17) is 9.84 Å². The molecule has 3 N–H and O–H groups in total. The largest absolute Gasteiger partial charge is 0.504 e. The Kier molecular flexibility index (Phi) is 2.96. The number of hydrogen-bond donors (Lipinski definition) is 3. The normalized spacial score (nSPS) is 10.0. The summed E-state index contributed by atoms with van der Waals surface area (Å²) in [5.74, 6) is -2.30. The average Bonchev–Trinajstić information content (AvgIpc) is 2.81. The van der Waals surface area contributed by atoms with Crippen LogP contribution in [0.3, 0.4) is 0 Å². The van der Waals surface area contributed by atoms with Gasteiger partial charge in [-0.15, -0.1) is 0 Å². The molecule has 1 aromatic heterocycles. The van der Waals surface area contributed by atoms with Gasteiger partial charge in [-0.05, 0) is 12.1 Å². The minimum absolute atomic E-state index is 0.0195. The molecular weight excluding hydrogens is 240 g/mol. The van der Waals surface area contributed by atoms with Crippen molar-refractivity contribution in [2.75, 3.05) is 0 Å². The number of phenols is 1. The van der Waals surface area contributed by atoms with Crippen LogP contribution < -0.4 is 4.74 Å². The van der Waals surface area contributed by atoms with E-state index in [2.05, 4.69) is 10.2 Å². The number of phenolic OH excluding ortho intramolecular Hbond substituents is 1. The lowest BCUT2D eigenvalue weighted by molar-refractivity contribution is 0.0689. The van der Waals surface area contributed by atoms with Crippen LogP contribution in [-0.2, 0) is 0 Å². The Labute approximate surface area is 101 Å². The Morgan fingerprint density at radius 2 is 2.00 bits per heavy atom. The predicted molar refractivity (Wildman–Crippen MR) is 58.6 cm³/mol. The molecule has 2 aromatic rings. The van der Waals surface area contributed by atoms with E-state index in [0.29, 0.717) is 0 Å². The maximum atomic E-state index is 11.6. The Morgan fingerprint density at radius 1 is 1.28 bits per heavy atom. The second-order valence-corrected chi connectivity index (χ2v) is 3.33. The first-order valence-electron chi connectivity index (χ1n) is 4.87. The van der Waals surface area contributed by atoms with E-state index in [0.717, 1.165) is 6.07 Å². The fourth-order valence-corrected chi connectivity index (χ4v) is 1.23. The van der Waals surface area contributed by atoms with Crippen LogP contribution in [0.4, 0.5) is 0 Å². The number of esters is 1. The van der Waals surface area contributed by atoms with Crippen LogP contribution in [-0.4, -0.2) is 32.3 Å². The van der Waals surface area contributed by atoms with Crippen molar-refractivity contribution in [2.24, 2.45) is 0 Å². The third-order valence-corrected chi connectivity index (χ3v) is 2.08. The maximum absolute atomic E-state index is 11.6. The summed E-state index contributed by atoms with van der Waals surface area (Å²) in [6.45, 7) is 0. The van der Waals surface area contributed by atoms with Crippen molar-refractivity contribution in [2.45, 2.75) is 0 Å². The lowest BCUT2D eigenvalue weighted by Gasteiger charge is -2.03. The van der Waals surface area contributed by atoms with Crippen LogP contribution >= 0.6 is 0 Å². The second-order valence-electron chi connectivity index (χ2n) is 3.33. The molecule has 0 unspecified atom stereocenters. The zero-order valence-corrected chi connectivity index (χ0v) is 8.95. The molecule has 0 bridgehead atoms. The zero-order valence-electron chi connectivity index (χ0n) is 8.95. The number of H-pyrrole nitrogens is 1. The molecular formula is C11H8N2O5. The number of carbonyl (C=O) groups excluding carboxylic acids is 1. The van der Waals surface area contributed by atoms with Gasteiger partial charge in [-0.25, -0.2) is 9.59 Å². The quantitative estimate of drug-likeness (QED) is 0.552. The summed E-state index contributed by atoms with van der Waals surface area (Å²) in [4.78, 5) is 22.2. The van der Waals surface area contributed by atoms with Crippen LogP contribution in [0.5, 0.6) is 11.5 Å². The number of aromatic hydroxyl groups is 1. The van der Waals surface area contributed by atoms with Gasteiger partial charge in [0.15, 0.2) is 17.2 Å². The number of rotatable bonds is 3. The number of aromatic nitrogens is 2. The fourth-order valence-electron chi connectivity index (χ4n) is 1.23. The molecule has 0 spiro atoms. The van der Waals surface area contributed by atoms with Gasteiger partial charge in [0.25, 0.3) is 0 Å². The first kappa shape index (κ1) is 11.6. The first-order valence-corrected chi connectivity index (χ1v) is 4.87. The van der Waals surface area contributed by atoms with E-state index in [1.165, 1.54) is 12.1 Å². The molecule has 0 aliphatic carbocycles. The van der Waals surface area contributed by atoms with Crippen molar-refractivity contribution in [1.29, 1.82) is 0 Å². The molecule has 0 fully saturated rings. The van der Waals surface area contributed by atoms with E-state index in [1.807, 2.05) is 0 Å². The molecule has 0 saturated carbocycles. The van der Waals surface area contributed by atoms with Crippen LogP contribution in [0.25, 0.3) is 0 Å². The van der Waals surface area contributed by atoms with Gasteiger partial charge in [0.2, 0.25) is 0 Å². The fraction of sp³-hybridized carbons (Fsp3) is 0. The number of aromatic amines is 1. The van der Waals surface area contributed by atoms with Gasteiger partial charge < -0.3 is 14.9 Å². The van der Waals surface area contributed by atoms with Gasteiger partial charge in [0, 0.05) is 6.07 Å². The van der Waals surface area contributed by atoms with Crippen LogP contribution in [0.15, 0.2) is 30.3 Å². The number of ether oxygens (including phenoxy) is 1. The number of nitrogens with zero attached hydrogens (tertiary/aromatic N) is 1. The summed E-state index contributed by atoms with van der Waals surface area (Å²) < 4.78 is 4.87. The number of carboxylic acids is 1. The van der Waals surface area contributed by atoms with Gasteiger partial charge in [-0.3, -0.25) is 5.10 Å². The van der Waals surface area contributed by atoms with Crippen LogP contribution in [0, 0.1) is 0 Å². The smallest absolute Gasteiger partial charge is 0.361 e. The number of carboxylic acid groups (broad SMARTS) is 1. The Morgan fingerprint density at radius 3 is 2.61 bits per heavy atom. The molecule has 0 amide bonds. The molecule has 0 saturated heterocycles. The van der Waals surface area contributed by atoms with Crippen molar-refractivity contribution >= 4 is 11.9 Å². The molecule has 92 valence electrons. The molecule has 0 atom stereocenters. The minimum atomic E-state index is -1.26. The standard InChI is InChI=1S/C11H8N2O5/c14-8-3-1-2-4-9(8)18-11(17)7-5-6(10(15)16)12-13-7/h1-5,14H,(H,12,13)(H,15,16). The molecule has 7 heteroatoms. The van der Waals surface area contributed by atoms with Crippen LogP contribution in [0.1, 0.15) is 21.0 Å². The van der Waals surface area contributed by atoms with Gasteiger partial charge in [0.1, 0.15) is 5.69 Å². The monoisotopic (exact) mass is 248 g/mol. The van der Waals surface area contributed by atoms with E-state index < -0.39 is 11.9 Å². The highest BCUT2D eigenvalue weighted by Gasteiger charge is 2.16. The lowest BCUT2D eigenvalue weighted by Crippen LogP contribution is -2.09. The predicted octanol–water partition coefficient (Wildman–Crippen LogP) is 1.03.